The number of anilines is 1. The molecule has 0 radical (unpaired) electrons. The Hall–Kier alpha value is -3.97. The van der Waals surface area contributed by atoms with Crippen molar-refractivity contribution >= 4 is 40.8 Å². The largest absolute Gasteiger partial charge is 0.423 e. The van der Waals surface area contributed by atoms with E-state index in [0.717, 1.165) is 5.56 Å². The van der Waals surface area contributed by atoms with Crippen LogP contribution in [0.3, 0.4) is 0 Å². The smallest absolute Gasteiger partial charge is 0.343 e. The van der Waals surface area contributed by atoms with Gasteiger partial charge in [-0.1, -0.05) is 35.4 Å². The number of nitrogens with one attached hydrogen (secondary N) is 2. The number of nitrogens with zero attached hydrogens (tertiary/aromatic N) is 1. The molecule has 0 heterocycles. The van der Waals surface area contributed by atoms with Gasteiger partial charge in [-0.3, -0.25) is 9.59 Å². The van der Waals surface area contributed by atoms with Crippen molar-refractivity contribution < 1.29 is 19.1 Å². The number of benzene rings is 3. The molecule has 0 bridgehead atoms. The molecule has 0 spiro atoms. The number of carbonyl (C=O) groups excluding carboxylic acids is 3. The Balaban J connectivity index is 1.58. The predicted octanol–water partition coefficient (Wildman–Crippen LogP) is 4.65. The van der Waals surface area contributed by atoms with Gasteiger partial charge in [-0.2, -0.15) is 5.10 Å². The van der Waals surface area contributed by atoms with Crippen molar-refractivity contribution in [1.29, 1.82) is 0 Å². The molecule has 0 saturated carbocycles. The molecule has 8 heteroatoms. The van der Waals surface area contributed by atoms with E-state index in [9.17, 15) is 14.4 Å². The van der Waals surface area contributed by atoms with Gasteiger partial charge in [0.05, 0.1) is 11.3 Å². The Morgan fingerprint density at radius 1 is 0.848 bits per heavy atom. The lowest BCUT2D eigenvalue weighted by Crippen LogP contribution is -2.33. The van der Waals surface area contributed by atoms with Gasteiger partial charge in [0.25, 0.3) is 0 Å². The molecule has 0 atom stereocenters. The second-order valence-corrected chi connectivity index (χ2v) is 7.69. The topological polar surface area (TPSA) is 96.9 Å². The summed E-state index contributed by atoms with van der Waals surface area (Å²) in [5.74, 6) is -1.87. The van der Waals surface area contributed by atoms with Crippen molar-refractivity contribution in [3.05, 3.63) is 94.0 Å². The summed E-state index contributed by atoms with van der Waals surface area (Å²) in [4.78, 5) is 36.4. The first-order chi connectivity index (χ1) is 15.7. The Morgan fingerprint density at radius 2 is 1.48 bits per heavy atom. The van der Waals surface area contributed by atoms with Gasteiger partial charge in [-0.25, -0.2) is 10.2 Å². The Labute approximate surface area is 196 Å². The molecule has 3 rings (SSSR count). The molecule has 0 unspecified atom stereocenters. The lowest BCUT2D eigenvalue weighted by atomic mass is 10.1. The van der Waals surface area contributed by atoms with Crippen molar-refractivity contribution in [2.75, 3.05) is 5.32 Å². The average molecular weight is 464 g/mol. The van der Waals surface area contributed by atoms with Crippen LogP contribution >= 0.6 is 11.6 Å². The van der Waals surface area contributed by atoms with Crippen LogP contribution < -0.4 is 15.5 Å². The summed E-state index contributed by atoms with van der Waals surface area (Å²) in [5, 5.41) is 6.95. The number of esters is 1. The Bertz CT molecular complexity index is 1220. The summed E-state index contributed by atoms with van der Waals surface area (Å²) in [6.45, 7) is 5.35. The van der Waals surface area contributed by atoms with E-state index in [1.165, 1.54) is 0 Å². The molecule has 7 nitrogen and oxygen atoms in total. The van der Waals surface area contributed by atoms with E-state index in [-0.39, 0.29) is 0 Å². The molecule has 3 aromatic rings. The van der Waals surface area contributed by atoms with Gasteiger partial charge in [-0.05, 0) is 80.4 Å². The summed E-state index contributed by atoms with van der Waals surface area (Å²) in [7, 11) is 0. The van der Waals surface area contributed by atoms with Crippen LogP contribution in [0, 0.1) is 13.8 Å². The summed E-state index contributed by atoms with van der Waals surface area (Å²) >= 11 is 6.02. The number of carbonyl (C=O) groups is 3. The molecule has 168 valence electrons. The third kappa shape index (κ3) is 6.27. The minimum absolute atomic E-state index is 0.373. The molecule has 2 N–H and O–H groups in total. The van der Waals surface area contributed by atoms with Crippen LogP contribution in [0.5, 0.6) is 5.75 Å². The summed E-state index contributed by atoms with van der Waals surface area (Å²) in [6, 6.07) is 18.7. The van der Waals surface area contributed by atoms with E-state index in [2.05, 4.69) is 15.8 Å². The minimum atomic E-state index is -0.919. The zero-order chi connectivity index (χ0) is 24.0. The van der Waals surface area contributed by atoms with E-state index >= 15 is 0 Å². The van der Waals surface area contributed by atoms with Crippen LogP contribution in [0.4, 0.5) is 5.69 Å². The van der Waals surface area contributed by atoms with Crippen molar-refractivity contribution in [1.82, 2.24) is 5.43 Å². The van der Waals surface area contributed by atoms with Crippen LogP contribution in [-0.4, -0.2) is 23.5 Å². The number of hydrogen-bond donors (Lipinski definition) is 2. The zero-order valence-corrected chi connectivity index (χ0v) is 19.1. The van der Waals surface area contributed by atoms with Gasteiger partial charge >= 0.3 is 17.8 Å². The minimum Gasteiger partial charge on any atom is -0.423 e. The third-order valence-electron chi connectivity index (χ3n) is 4.82. The van der Waals surface area contributed by atoms with E-state index in [1.54, 1.807) is 68.4 Å². The number of ether oxygens (including phenoxy) is 1. The summed E-state index contributed by atoms with van der Waals surface area (Å²) in [6.07, 6.45) is 0. The van der Waals surface area contributed by atoms with Crippen molar-refractivity contribution in [3.8, 4) is 5.75 Å². The van der Waals surface area contributed by atoms with Crippen molar-refractivity contribution in [3.63, 3.8) is 0 Å². The normalized spacial score (nSPS) is 11.0. The van der Waals surface area contributed by atoms with Crippen molar-refractivity contribution in [2.45, 2.75) is 20.8 Å². The molecular weight excluding hydrogens is 442 g/mol. The standard InChI is InChI=1S/C25H22ClN3O4/c1-15-7-9-19(10-8-15)25(32)33-20-13-11-18(12-14-20)17(3)28-29-24(31)23(30)27-22-6-4-5-21(26)16(22)2/h4-14H,1-3H3,(H,27,30)(H,29,31)/b28-17+. The molecule has 2 amide bonds. The fourth-order valence-electron chi connectivity index (χ4n) is 2.79. The molecule has 0 aliphatic carbocycles. The highest BCUT2D eigenvalue weighted by molar-refractivity contribution is 6.40. The number of rotatable bonds is 5. The van der Waals surface area contributed by atoms with Crippen LogP contribution in [0.1, 0.15) is 34.0 Å². The first-order valence-electron chi connectivity index (χ1n) is 10.0. The van der Waals surface area contributed by atoms with Gasteiger partial charge in [0.1, 0.15) is 5.75 Å². The van der Waals surface area contributed by atoms with Crippen LogP contribution in [0.2, 0.25) is 5.02 Å². The number of halogens is 1. The molecule has 3 aromatic carbocycles. The monoisotopic (exact) mass is 463 g/mol. The zero-order valence-electron chi connectivity index (χ0n) is 18.3. The summed E-state index contributed by atoms with van der Waals surface area (Å²) < 4.78 is 5.37. The maximum Gasteiger partial charge on any atom is 0.343 e. The highest BCUT2D eigenvalue weighted by atomic mass is 35.5. The van der Waals surface area contributed by atoms with Gasteiger partial charge in [0.2, 0.25) is 0 Å². The van der Waals surface area contributed by atoms with Crippen LogP contribution in [0.25, 0.3) is 0 Å². The van der Waals surface area contributed by atoms with Gasteiger partial charge in [-0.15, -0.1) is 0 Å². The van der Waals surface area contributed by atoms with Crippen molar-refractivity contribution in [2.24, 2.45) is 5.10 Å². The maximum absolute atomic E-state index is 12.2. The van der Waals surface area contributed by atoms with Crippen LogP contribution in [-0.2, 0) is 9.59 Å². The molecular formula is C25H22ClN3O4. The highest BCUT2D eigenvalue weighted by Crippen LogP contribution is 2.22. The third-order valence-corrected chi connectivity index (χ3v) is 5.23. The highest BCUT2D eigenvalue weighted by Gasteiger charge is 2.15. The number of aryl methyl sites for hydroxylation is 1. The molecule has 0 aliphatic heterocycles. The second kappa shape index (κ2) is 10.6. The van der Waals surface area contributed by atoms with E-state index in [4.69, 9.17) is 16.3 Å². The van der Waals surface area contributed by atoms with E-state index in [0.29, 0.717) is 38.9 Å². The first kappa shape index (κ1) is 23.7. The molecule has 0 saturated heterocycles. The predicted molar refractivity (Wildman–Crippen MR) is 128 cm³/mol. The fourth-order valence-corrected chi connectivity index (χ4v) is 2.97. The maximum atomic E-state index is 12.2. The molecule has 0 fully saturated rings. The van der Waals surface area contributed by atoms with E-state index in [1.807, 2.05) is 19.1 Å². The first-order valence-corrected chi connectivity index (χ1v) is 10.4. The lowest BCUT2D eigenvalue weighted by molar-refractivity contribution is -0.136. The van der Waals surface area contributed by atoms with Crippen LogP contribution in [0.15, 0.2) is 71.8 Å². The second-order valence-electron chi connectivity index (χ2n) is 7.28. The fraction of sp³-hybridized carbons (Fsp3) is 0.120. The number of amides is 2. The van der Waals surface area contributed by atoms with Gasteiger partial charge < -0.3 is 10.1 Å². The lowest BCUT2D eigenvalue weighted by Gasteiger charge is -2.09. The average Bonchev–Trinajstić information content (AvgIpc) is 2.81. The quantitative estimate of drug-likeness (QED) is 0.189. The SMILES string of the molecule is C/C(=N\NC(=O)C(=O)Nc1cccc(Cl)c1C)c1ccc(OC(=O)c2ccc(C)cc2)cc1. The molecule has 33 heavy (non-hydrogen) atoms. The Morgan fingerprint density at radius 3 is 2.15 bits per heavy atom. The number of hydrogen-bond acceptors (Lipinski definition) is 5. The van der Waals surface area contributed by atoms with Gasteiger partial charge in [0, 0.05) is 10.7 Å². The summed E-state index contributed by atoms with van der Waals surface area (Å²) in [5.41, 5.74) is 5.97. The molecule has 0 aromatic heterocycles. The number of hydrazone groups is 1. The van der Waals surface area contributed by atoms with Gasteiger partial charge in [0.15, 0.2) is 0 Å². The Kier molecular flexibility index (Phi) is 7.58. The van der Waals surface area contributed by atoms with E-state index < -0.39 is 17.8 Å². The molecule has 0 aliphatic rings.